The molecule has 5 aliphatic carbocycles. The molecule has 0 aromatic carbocycles. The second kappa shape index (κ2) is 7.57. The van der Waals surface area contributed by atoms with E-state index < -0.39 is 0 Å². The molecule has 0 saturated heterocycles. The highest BCUT2D eigenvalue weighted by Crippen LogP contribution is 2.82. The summed E-state index contributed by atoms with van der Waals surface area (Å²) in [5.74, 6) is 5.81. The van der Waals surface area contributed by atoms with E-state index in [1.807, 2.05) is 25.4 Å². The zero-order chi connectivity index (χ0) is 23.0. The van der Waals surface area contributed by atoms with Gasteiger partial charge in [-0.3, -0.25) is 4.98 Å². The molecule has 1 aromatic heterocycles. The number of pyridine rings is 1. The summed E-state index contributed by atoms with van der Waals surface area (Å²) >= 11 is 0. The highest BCUT2D eigenvalue weighted by molar-refractivity contribution is 5.52. The number of methoxy groups -OCH3 is 2. The Labute approximate surface area is 200 Å². The fourth-order valence-electron chi connectivity index (χ4n) is 10.6. The van der Waals surface area contributed by atoms with Crippen LogP contribution in [0, 0.1) is 51.8 Å². The molecule has 1 aromatic rings. The Bertz CT molecular complexity index is 943. The lowest BCUT2D eigenvalue weighted by Crippen LogP contribution is -2.57. The number of aromatic nitrogens is 1. The molecule has 3 nitrogen and oxygen atoms in total. The molecular weight excluding hydrogens is 406 g/mol. The van der Waals surface area contributed by atoms with Crippen LogP contribution >= 0.6 is 0 Å². The van der Waals surface area contributed by atoms with Crippen LogP contribution in [0.5, 0.6) is 5.75 Å². The van der Waals surface area contributed by atoms with Gasteiger partial charge >= 0.3 is 0 Å². The van der Waals surface area contributed by atoms with E-state index in [1.54, 1.807) is 7.11 Å². The molecule has 180 valence electrons. The molecule has 2 unspecified atom stereocenters. The van der Waals surface area contributed by atoms with E-state index >= 15 is 0 Å². The van der Waals surface area contributed by atoms with Gasteiger partial charge in [0, 0.05) is 18.7 Å². The number of hydrogen-bond acceptors (Lipinski definition) is 3. The van der Waals surface area contributed by atoms with Crippen molar-refractivity contribution in [3.63, 3.8) is 0 Å². The van der Waals surface area contributed by atoms with Gasteiger partial charge in [0.2, 0.25) is 0 Å². The van der Waals surface area contributed by atoms with Crippen molar-refractivity contribution in [3.05, 3.63) is 30.1 Å². The minimum atomic E-state index is 0.458. The second-order valence-electron chi connectivity index (χ2n) is 12.8. The molecule has 5 aliphatic rings. The van der Waals surface area contributed by atoms with E-state index in [9.17, 15) is 0 Å². The Hall–Kier alpha value is -1.35. The van der Waals surface area contributed by atoms with Crippen LogP contribution in [0.25, 0.3) is 6.08 Å². The van der Waals surface area contributed by atoms with Gasteiger partial charge in [-0.15, -0.1) is 0 Å². The molecule has 5 saturated carbocycles. The number of rotatable bonds is 5. The van der Waals surface area contributed by atoms with Crippen LogP contribution in [0.1, 0.15) is 77.8 Å². The maximum Gasteiger partial charge on any atom is 0.144 e. The van der Waals surface area contributed by atoms with Crippen LogP contribution in [0.3, 0.4) is 0 Å². The van der Waals surface area contributed by atoms with Crippen molar-refractivity contribution < 1.29 is 9.47 Å². The summed E-state index contributed by atoms with van der Waals surface area (Å²) in [6, 6.07) is 3.94. The van der Waals surface area contributed by atoms with Crippen LogP contribution < -0.4 is 4.74 Å². The van der Waals surface area contributed by atoms with Gasteiger partial charge in [0.25, 0.3) is 0 Å². The van der Waals surface area contributed by atoms with Gasteiger partial charge < -0.3 is 9.47 Å². The van der Waals surface area contributed by atoms with Crippen LogP contribution in [0.2, 0.25) is 0 Å². The predicted octanol–water partition coefficient (Wildman–Crippen LogP) is 7.02. The number of nitrogens with zero attached hydrogens (tertiary/aromatic N) is 1. The number of ether oxygens (including phenoxy) is 2. The van der Waals surface area contributed by atoms with Crippen molar-refractivity contribution in [2.75, 3.05) is 14.2 Å². The molecular formula is C30H43NO2. The number of allylic oxidation sites excluding steroid dienone is 1. The monoisotopic (exact) mass is 449 g/mol. The van der Waals surface area contributed by atoms with Crippen molar-refractivity contribution in [2.24, 2.45) is 51.8 Å². The summed E-state index contributed by atoms with van der Waals surface area (Å²) in [7, 11) is 3.74. The highest BCUT2D eigenvalue weighted by atomic mass is 16.5. The van der Waals surface area contributed by atoms with E-state index in [2.05, 4.69) is 37.9 Å². The third-order valence-corrected chi connectivity index (χ3v) is 12.1. The average molecular weight is 450 g/mol. The first-order valence-electron chi connectivity index (χ1n) is 13.6. The minimum Gasteiger partial charge on any atom is -0.494 e. The summed E-state index contributed by atoms with van der Waals surface area (Å²) in [5, 5.41) is 0. The lowest BCUT2D eigenvalue weighted by Gasteiger charge is -2.61. The number of fused-ring (bicyclic) bond motifs is 4. The molecule has 33 heavy (non-hydrogen) atoms. The Morgan fingerprint density at radius 2 is 1.94 bits per heavy atom. The zero-order valence-electron chi connectivity index (χ0n) is 21.3. The minimum absolute atomic E-state index is 0.458. The van der Waals surface area contributed by atoms with Crippen molar-refractivity contribution in [1.82, 2.24) is 4.98 Å². The van der Waals surface area contributed by atoms with Crippen molar-refractivity contribution in [3.8, 4) is 5.75 Å². The summed E-state index contributed by atoms with van der Waals surface area (Å²) < 4.78 is 11.8. The lowest BCUT2D eigenvalue weighted by atomic mass is 9.45. The van der Waals surface area contributed by atoms with E-state index in [0.29, 0.717) is 28.3 Å². The van der Waals surface area contributed by atoms with Gasteiger partial charge in [0.15, 0.2) is 0 Å². The lowest BCUT2D eigenvalue weighted by molar-refractivity contribution is -0.160. The largest absolute Gasteiger partial charge is 0.494 e. The third-order valence-electron chi connectivity index (χ3n) is 12.1. The molecule has 10 atom stereocenters. The first kappa shape index (κ1) is 22.1. The maximum absolute atomic E-state index is 6.30. The van der Waals surface area contributed by atoms with Gasteiger partial charge in [0.1, 0.15) is 11.4 Å². The molecule has 1 spiro atoms. The molecule has 0 aliphatic heterocycles. The van der Waals surface area contributed by atoms with E-state index in [-0.39, 0.29) is 0 Å². The van der Waals surface area contributed by atoms with Crippen molar-refractivity contribution >= 4 is 6.08 Å². The third kappa shape index (κ3) is 2.87. The fraction of sp³-hybridized carbons (Fsp3) is 0.767. The van der Waals surface area contributed by atoms with Gasteiger partial charge in [-0.1, -0.05) is 26.8 Å². The van der Waals surface area contributed by atoms with Gasteiger partial charge in [-0.2, -0.15) is 0 Å². The van der Waals surface area contributed by atoms with E-state index in [0.717, 1.165) is 41.0 Å². The topological polar surface area (TPSA) is 31.4 Å². The molecule has 0 bridgehead atoms. The van der Waals surface area contributed by atoms with E-state index in [1.165, 1.54) is 51.4 Å². The van der Waals surface area contributed by atoms with Gasteiger partial charge in [0.05, 0.1) is 13.2 Å². The maximum atomic E-state index is 6.30. The highest BCUT2D eigenvalue weighted by Gasteiger charge is 2.77. The van der Waals surface area contributed by atoms with Gasteiger partial charge in [-0.05, 0) is 116 Å². The molecule has 6 rings (SSSR count). The first-order valence-corrected chi connectivity index (χ1v) is 13.6. The summed E-state index contributed by atoms with van der Waals surface area (Å²) in [6.07, 6.45) is 18.3. The Balaban J connectivity index is 1.24. The SMILES string of the molecule is COc1cccnc1/C=C/[C@@H](C)[C@H]1CC[C@H]2[C@@H]3CC(OC)C45C[C@H]4CC[C@]5(C)[C@H]3CC[C@]12C. The molecule has 1 heterocycles. The van der Waals surface area contributed by atoms with Crippen molar-refractivity contribution in [2.45, 2.75) is 78.2 Å². The van der Waals surface area contributed by atoms with Crippen LogP contribution in [-0.4, -0.2) is 25.3 Å². The normalized spacial score (nSPS) is 48.6. The number of hydrogen-bond donors (Lipinski definition) is 0. The summed E-state index contributed by atoms with van der Waals surface area (Å²) in [4.78, 5) is 4.54. The quantitative estimate of drug-likeness (QED) is 0.484. The predicted molar refractivity (Wildman–Crippen MR) is 133 cm³/mol. The Morgan fingerprint density at radius 3 is 2.70 bits per heavy atom. The summed E-state index contributed by atoms with van der Waals surface area (Å²) in [6.45, 7) is 7.78. The van der Waals surface area contributed by atoms with Crippen molar-refractivity contribution in [1.29, 1.82) is 0 Å². The van der Waals surface area contributed by atoms with Gasteiger partial charge in [-0.25, -0.2) is 0 Å². The van der Waals surface area contributed by atoms with Crippen LogP contribution in [0.15, 0.2) is 24.4 Å². The molecule has 0 N–H and O–H groups in total. The van der Waals surface area contributed by atoms with E-state index in [4.69, 9.17) is 9.47 Å². The fourth-order valence-corrected chi connectivity index (χ4v) is 10.6. The molecule has 0 radical (unpaired) electrons. The molecule has 3 heteroatoms. The standard InChI is InChI=1S/C30H43NO2/c1-19(8-11-25-26(32-4)7-6-16-31-25)22-9-10-23-21-17-27(33-5)30-18-20(30)12-15-29(30,3)24(21)13-14-28(22,23)2/h6-8,11,16,19-24,27H,9-10,12-15,17-18H2,1-5H3/b11-8+/t19-,20-,21+,22-,23+,24+,27?,28-,29-,30?/m1/s1. The Kier molecular flexibility index (Phi) is 5.08. The molecule has 5 fully saturated rings. The first-order chi connectivity index (χ1) is 15.9. The zero-order valence-corrected chi connectivity index (χ0v) is 21.3. The average Bonchev–Trinajstić information content (AvgIpc) is 3.33. The second-order valence-corrected chi connectivity index (χ2v) is 12.8. The smallest absolute Gasteiger partial charge is 0.144 e. The van der Waals surface area contributed by atoms with Crippen LogP contribution in [0.4, 0.5) is 0 Å². The summed E-state index contributed by atoms with van der Waals surface area (Å²) in [5.41, 5.74) is 2.47. The molecule has 0 amide bonds. The Morgan fingerprint density at radius 1 is 1.09 bits per heavy atom. The van der Waals surface area contributed by atoms with Crippen LogP contribution in [-0.2, 0) is 4.74 Å².